The molecule has 8 heteroatoms. The van der Waals surface area contributed by atoms with Gasteiger partial charge in [0.15, 0.2) is 0 Å². The number of anilines is 1. The Balaban J connectivity index is 1.30. The van der Waals surface area contributed by atoms with E-state index in [0.717, 1.165) is 29.6 Å². The van der Waals surface area contributed by atoms with Crippen LogP contribution in [0.3, 0.4) is 0 Å². The zero-order chi connectivity index (χ0) is 26.5. The second-order valence-corrected chi connectivity index (χ2v) is 9.90. The quantitative estimate of drug-likeness (QED) is 0.461. The van der Waals surface area contributed by atoms with Gasteiger partial charge in [0.25, 0.3) is 0 Å². The van der Waals surface area contributed by atoms with E-state index >= 15 is 0 Å². The van der Waals surface area contributed by atoms with Crippen LogP contribution in [-0.2, 0) is 23.8 Å². The van der Waals surface area contributed by atoms with Crippen molar-refractivity contribution in [2.24, 2.45) is 5.92 Å². The highest BCUT2D eigenvalue weighted by atomic mass is 19.4. The first-order chi connectivity index (χ1) is 18.4. The molecule has 5 nitrogen and oxygen atoms in total. The summed E-state index contributed by atoms with van der Waals surface area (Å²) < 4.78 is 46.2. The number of carbonyl (C=O) groups is 1. The van der Waals surface area contributed by atoms with Gasteiger partial charge in [-0.15, -0.1) is 0 Å². The van der Waals surface area contributed by atoms with E-state index in [2.05, 4.69) is 15.1 Å². The molecule has 2 aliphatic rings. The zero-order valence-electron chi connectivity index (χ0n) is 21.2. The molecule has 200 valence electrons. The summed E-state index contributed by atoms with van der Waals surface area (Å²) in [5.41, 5.74) is 1.84. The van der Waals surface area contributed by atoms with Crippen molar-refractivity contribution in [3.8, 4) is 5.75 Å². The molecule has 0 aromatic heterocycles. The number of halogens is 3. The minimum absolute atomic E-state index is 0.110. The Morgan fingerprint density at radius 1 is 0.974 bits per heavy atom. The lowest BCUT2D eigenvalue weighted by Crippen LogP contribution is -2.61. The van der Waals surface area contributed by atoms with Crippen molar-refractivity contribution in [1.29, 1.82) is 0 Å². The lowest BCUT2D eigenvalue weighted by molar-refractivity contribution is -0.137. The highest BCUT2D eigenvalue weighted by Gasteiger charge is 2.42. The molecule has 1 fully saturated rings. The van der Waals surface area contributed by atoms with Crippen LogP contribution in [0.2, 0.25) is 0 Å². The molecule has 0 saturated carbocycles. The molecule has 5 rings (SSSR count). The van der Waals surface area contributed by atoms with Gasteiger partial charge in [-0.05, 0) is 54.3 Å². The Morgan fingerprint density at radius 2 is 1.71 bits per heavy atom. The smallest absolute Gasteiger partial charge is 0.416 e. The lowest BCUT2D eigenvalue weighted by atomic mass is 9.82. The fourth-order valence-electron chi connectivity index (χ4n) is 5.48. The predicted molar refractivity (Wildman–Crippen MR) is 141 cm³/mol. The summed E-state index contributed by atoms with van der Waals surface area (Å²) in [5, 5.41) is 3.06. The average Bonchev–Trinajstić information content (AvgIpc) is 2.93. The zero-order valence-corrected chi connectivity index (χ0v) is 21.2. The Kier molecular flexibility index (Phi) is 7.88. The van der Waals surface area contributed by atoms with Crippen molar-refractivity contribution >= 4 is 11.6 Å². The Labute approximate surface area is 221 Å². The summed E-state index contributed by atoms with van der Waals surface area (Å²) >= 11 is 0. The van der Waals surface area contributed by atoms with Crippen LogP contribution in [0.1, 0.15) is 16.7 Å². The van der Waals surface area contributed by atoms with Crippen LogP contribution < -0.4 is 15.0 Å². The highest BCUT2D eigenvalue weighted by Crippen LogP contribution is 2.39. The van der Waals surface area contributed by atoms with Crippen molar-refractivity contribution < 1.29 is 22.7 Å². The number of nitrogens with zero attached hydrogens (tertiary/aromatic N) is 2. The molecule has 0 spiro atoms. The van der Waals surface area contributed by atoms with Gasteiger partial charge in [-0.3, -0.25) is 9.69 Å². The summed E-state index contributed by atoms with van der Waals surface area (Å²) in [6, 6.07) is 23.4. The summed E-state index contributed by atoms with van der Waals surface area (Å²) in [7, 11) is 0. The Bertz CT molecular complexity index is 1220. The third-order valence-corrected chi connectivity index (χ3v) is 7.44. The van der Waals surface area contributed by atoms with Gasteiger partial charge in [-0.25, -0.2) is 0 Å². The van der Waals surface area contributed by atoms with E-state index in [1.165, 1.54) is 6.07 Å². The van der Waals surface area contributed by atoms with Gasteiger partial charge in [0.2, 0.25) is 5.91 Å². The molecule has 0 radical (unpaired) electrons. The second kappa shape index (κ2) is 11.5. The Morgan fingerprint density at radius 3 is 2.45 bits per heavy atom. The third-order valence-electron chi connectivity index (χ3n) is 7.44. The minimum Gasteiger partial charge on any atom is -0.492 e. The number of alkyl halides is 3. The number of ether oxygens (including phenoxy) is 1. The fraction of sp³-hybridized carbons (Fsp3) is 0.367. The summed E-state index contributed by atoms with van der Waals surface area (Å²) in [6.07, 6.45) is -3.44. The number of fused-ring (bicyclic) bond motifs is 3. The molecule has 0 unspecified atom stereocenters. The van der Waals surface area contributed by atoms with Crippen LogP contribution in [0, 0.1) is 5.92 Å². The number of hydrogen-bond acceptors (Lipinski definition) is 4. The van der Waals surface area contributed by atoms with Gasteiger partial charge in [0, 0.05) is 38.4 Å². The molecule has 3 aromatic rings. The molecule has 0 bridgehead atoms. The van der Waals surface area contributed by atoms with E-state index in [9.17, 15) is 18.0 Å². The summed E-state index contributed by atoms with van der Waals surface area (Å²) in [6.45, 7) is 3.75. The third kappa shape index (κ3) is 6.13. The number of hydrogen-bond donors (Lipinski definition) is 1. The first kappa shape index (κ1) is 26.1. The fourth-order valence-corrected chi connectivity index (χ4v) is 5.48. The highest BCUT2D eigenvalue weighted by molar-refractivity contribution is 5.82. The van der Waals surface area contributed by atoms with E-state index in [1.807, 2.05) is 60.7 Å². The molecular weight excluding hydrogens is 491 g/mol. The monoisotopic (exact) mass is 523 g/mol. The van der Waals surface area contributed by atoms with Crippen molar-refractivity contribution in [2.45, 2.75) is 25.1 Å². The van der Waals surface area contributed by atoms with Gasteiger partial charge in [-0.2, -0.15) is 13.2 Å². The SMILES string of the molecule is O=C(NCCc1ccccc1)[C@@H]1Cc2cc(C(F)(F)F)ccc2N2CCN(CCOc3ccccc3)C[C@@H]12. The molecule has 38 heavy (non-hydrogen) atoms. The number of benzene rings is 3. The molecule has 2 atom stereocenters. The van der Waals surface area contributed by atoms with Crippen molar-refractivity contribution in [3.05, 3.63) is 95.6 Å². The van der Waals surface area contributed by atoms with Gasteiger partial charge in [-0.1, -0.05) is 48.5 Å². The predicted octanol–water partition coefficient (Wildman–Crippen LogP) is 4.81. The van der Waals surface area contributed by atoms with Crippen LogP contribution in [0.25, 0.3) is 0 Å². The number of amides is 1. The molecule has 1 amide bonds. The topological polar surface area (TPSA) is 44.8 Å². The first-order valence-electron chi connectivity index (χ1n) is 13.1. The maximum absolute atomic E-state index is 13.5. The first-order valence-corrected chi connectivity index (χ1v) is 13.1. The minimum atomic E-state index is -4.42. The Hall–Kier alpha value is -3.52. The van der Waals surface area contributed by atoms with Crippen molar-refractivity contribution in [2.75, 3.05) is 44.2 Å². The molecule has 1 saturated heterocycles. The van der Waals surface area contributed by atoms with Gasteiger partial charge in [0.1, 0.15) is 12.4 Å². The van der Waals surface area contributed by atoms with Gasteiger partial charge in [0.05, 0.1) is 17.5 Å². The number of carbonyl (C=O) groups excluding carboxylic acids is 1. The van der Waals surface area contributed by atoms with E-state index in [1.54, 1.807) is 6.07 Å². The number of para-hydroxylation sites is 1. The number of piperazine rings is 1. The number of nitrogens with one attached hydrogen (secondary N) is 1. The molecular formula is C30H32F3N3O2. The summed E-state index contributed by atoms with van der Waals surface area (Å²) in [5.74, 6) is 0.259. The van der Waals surface area contributed by atoms with Crippen molar-refractivity contribution in [3.63, 3.8) is 0 Å². The van der Waals surface area contributed by atoms with Gasteiger partial charge < -0.3 is 15.0 Å². The lowest BCUT2D eigenvalue weighted by Gasteiger charge is -2.49. The van der Waals surface area contributed by atoms with E-state index < -0.39 is 17.7 Å². The largest absolute Gasteiger partial charge is 0.492 e. The normalized spacial score (nSPS) is 19.4. The molecule has 0 aliphatic carbocycles. The molecule has 2 aliphatic heterocycles. The maximum atomic E-state index is 13.5. The van der Waals surface area contributed by atoms with E-state index in [-0.39, 0.29) is 18.4 Å². The van der Waals surface area contributed by atoms with Crippen LogP contribution >= 0.6 is 0 Å². The molecule has 3 aromatic carbocycles. The summed E-state index contributed by atoms with van der Waals surface area (Å²) in [4.78, 5) is 17.9. The van der Waals surface area contributed by atoms with Crippen LogP contribution in [0.15, 0.2) is 78.9 Å². The van der Waals surface area contributed by atoms with Crippen LogP contribution in [0.5, 0.6) is 5.75 Å². The van der Waals surface area contributed by atoms with Crippen molar-refractivity contribution in [1.82, 2.24) is 10.2 Å². The number of rotatable bonds is 8. The molecule has 2 heterocycles. The standard InChI is InChI=1S/C30H32F3N3O2/c31-30(32,33)24-11-12-27-23(19-24)20-26(29(37)34-14-13-22-7-3-1-4-8-22)28-21-35(15-16-36(27)28)17-18-38-25-9-5-2-6-10-25/h1-12,19,26,28H,13-18,20-21H2,(H,34,37)/t26-,28+/m1/s1. The van der Waals surface area contributed by atoms with Crippen LogP contribution in [-0.4, -0.2) is 56.2 Å². The van der Waals surface area contributed by atoms with Crippen LogP contribution in [0.4, 0.5) is 18.9 Å². The second-order valence-electron chi connectivity index (χ2n) is 9.90. The molecule has 1 N–H and O–H groups in total. The average molecular weight is 524 g/mol. The maximum Gasteiger partial charge on any atom is 0.416 e. The van der Waals surface area contributed by atoms with Gasteiger partial charge >= 0.3 is 6.18 Å². The van der Waals surface area contributed by atoms with E-state index in [4.69, 9.17) is 4.74 Å². The van der Waals surface area contributed by atoms with E-state index in [0.29, 0.717) is 44.8 Å².